The van der Waals surface area contributed by atoms with Crippen molar-refractivity contribution in [2.24, 2.45) is 0 Å². The molecular formula is C21H27NO4. The molecule has 0 aliphatic rings. The van der Waals surface area contributed by atoms with Crippen molar-refractivity contribution >= 4 is 11.6 Å². The first-order valence-electron chi connectivity index (χ1n) is 9.08. The Balaban J connectivity index is 1.93. The molecule has 2 aromatic carbocycles. The number of benzene rings is 2. The van der Waals surface area contributed by atoms with Crippen molar-refractivity contribution in [3.8, 4) is 11.5 Å². The molecule has 5 heteroatoms. The molecule has 0 aromatic heterocycles. The molecule has 0 atom stereocenters. The maximum absolute atomic E-state index is 12.5. The normalized spacial score (nSPS) is 10.4. The highest BCUT2D eigenvalue weighted by Gasteiger charge is 2.10. The molecule has 0 fully saturated rings. The van der Waals surface area contributed by atoms with Gasteiger partial charge in [0, 0.05) is 12.2 Å². The minimum absolute atomic E-state index is 0.183. The molecule has 0 spiro atoms. The third kappa shape index (κ3) is 6.41. The number of hydrogen-bond acceptors (Lipinski definition) is 4. The second-order valence-electron chi connectivity index (χ2n) is 5.72. The van der Waals surface area contributed by atoms with Crippen LogP contribution in [0.5, 0.6) is 11.5 Å². The third-order valence-electron chi connectivity index (χ3n) is 3.71. The number of para-hydroxylation sites is 2. The van der Waals surface area contributed by atoms with E-state index >= 15 is 0 Å². The van der Waals surface area contributed by atoms with E-state index in [1.807, 2.05) is 31.2 Å². The summed E-state index contributed by atoms with van der Waals surface area (Å²) < 4.78 is 16.5. The number of rotatable bonds is 11. The number of nitrogens with one attached hydrogen (secondary N) is 1. The summed E-state index contributed by atoms with van der Waals surface area (Å²) in [4.78, 5) is 12.5. The Kier molecular flexibility index (Phi) is 8.49. The molecule has 2 rings (SSSR count). The van der Waals surface area contributed by atoms with Crippen LogP contribution in [0, 0.1) is 0 Å². The molecule has 0 aliphatic carbocycles. The summed E-state index contributed by atoms with van der Waals surface area (Å²) in [5.41, 5.74) is 1.23. The van der Waals surface area contributed by atoms with Crippen LogP contribution in [0.4, 0.5) is 5.69 Å². The topological polar surface area (TPSA) is 56.8 Å². The predicted octanol–water partition coefficient (Wildman–Crippen LogP) is 4.53. The summed E-state index contributed by atoms with van der Waals surface area (Å²) in [6.07, 6.45) is 2.04. The van der Waals surface area contributed by atoms with Gasteiger partial charge in [0.05, 0.1) is 18.9 Å². The first-order valence-corrected chi connectivity index (χ1v) is 9.08. The van der Waals surface area contributed by atoms with Gasteiger partial charge in [-0.25, -0.2) is 0 Å². The second kappa shape index (κ2) is 11.2. The summed E-state index contributed by atoms with van der Waals surface area (Å²) >= 11 is 0. The van der Waals surface area contributed by atoms with Gasteiger partial charge >= 0.3 is 0 Å². The molecule has 0 heterocycles. The minimum Gasteiger partial charge on any atom is -0.491 e. The zero-order valence-corrected chi connectivity index (χ0v) is 15.5. The highest BCUT2D eigenvalue weighted by Crippen LogP contribution is 2.25. The van der Waals surface area contributed by atoms with Gasteiger partial charge in [-0.05, 0) is 49.7 Å². The molecule has 0 aliphatic heterocycles. The average molecular weight is 357 g/mol. The fraction of sp³-hybridized carbons (Fsp3) is 0.381. The van der Waals surface area contributed by atoms with Crippen LogP contribution >= 0.6 is 0 Å². The van der Waals surface area contributed by atoms with Gasteiger partial charge in [0.2, 0.25) is 0 Å². The Hall–Kier alpha value is -2.53. The van der Waals surface area contributed by atoms with Crippen LogP contribution in [0.3, 0.4) is 0 Å². The van der Waals surface area contributed by atoms with Crippen molar-refractivity contribution in [1.29, 1.82) is 0 Å². The molecule has 26 heavy (non-hydrogen) atoms. The molecule has 2 aromatic rings. The van der Waals surface area contributed by atoms with Crippen LogP contribution in [-0.2, 0) is 4.74 Å². The van der Waals surface area contributed by atoms with Crippen molar-refractivity contribution in [2.75, 3.05) is 31.7 Å². The maximum atomic E-state index is 12.5. The minimum atomic E-state index is -0.183. The largest absolute Gasteiger partial charge is 0.491 e. The number of carbonyl (C=O) groups excluding carboxylic acids is 1. The molecule has 0 saturated heterocycles. The van der Waals surface area contributed by atoms with Crippen molar-refractivity contribution in [2.45, 2.75) is 26.7 Å². The fourth-order valence-corrected chi connectivity index (χ4v) is 2.28. The van der Waals surface area contributed by atoms with Crippen molar-refractivity contribution in [3.63, 3.8) is 0 Å². The molecule has 1 N–H and O–H groups in total. The summed E-state index contributed by atoms with van der Waals surface area (Å²) in [7, 11) is 0. The van der Waals surface area contributed by atoms with Crippen LogP contribution in [0.25, 0.3) is 0 Å². The standard InChI is InChI=1S/C21H27NO4/c1-3-5-14-26-20-9-7-6-8-19(20)22-21(23)17-10-12-18(13-11-17)25-16-15-24-4-2/h6-13H,3-5,14-16H2,1-2H3,(H,22,23). The van der Waals surface area contributed by atoms with Gasteiger partial charge in [0.15, 0.2) is 0 Å². The molecule has 0 bridgehead atoms. The zero-order valence-electron chi connectivity index (χ0n) is 15.5. The number of unbranched alkanes of at least 4 members (excludes halogenated alkanes) is 1. The first-order chi connectivity index (χ1) is 12.7. The van der Waals surface area contributed by atoms with E-state index in [1.165, 1.54) is 0 Å². The lowest BCUT2D eigenvalue weighted by Gasteiger charge is -2.12. The first kappa shape index (κ1) is 19.8. The smallest absolute Gasteiger partial charge is 0.255 e. The van der Waals surface area contributed by atoms with Crippen LogP contribution in [0.15, 0.2) is 48.5 Å². The van der Waals surface area contributed by atoms with E-state index in [9.17, 15) is 4.79 Å². The number of carbonyl (C=O) groups is 1. The van der Waals surface area contributed by atoms with E-state index in [4.69, 9.17) is 14.2 Å². The van der Waals surface area contributed by atoms with Gasteiger partial charge in [-0.15, -0.1) is 0 Å². The van der Waals surface area contributed by atoms with Gasteiger partial charge in [0.25, 0.3) is 5.91 Å². The van der Waals surface area contributed by atoms with Crippen molar-refractivity contribution in [3.05, 3.63) is 54.1 Å². The van der Waals surface area contributed by atoms with Gasteiger partial charge in [-0.1, -0.05) is 25.5 Å². The number of ether oxygens (including phenoxy) is 3. The third-order valence-corrected chi connectivity index (χ3v) is 3.71. The van der Waals surface area contributed by atoms with Gasteiger partial charge in [-0.2, -0.15) is 0 Å². The Morgan fingerprint density at radius 1 is 0.923 bits per heavy atom. The quantitative estimate of drug-likeness (QED) is 0.600. The number of amides is 1. The van der Waals surface area contributed by atoms with E-state index in [-0.39, 0.29) is 5.91 Å². The number of anilines is 1. The van der Waals surface area contributed by atoms with Gasteiger partial charge in [0.1, 0.15) is 18.1 Å². The zero-order chi connectivity index (χ0) is 18.6. The summed E-state index contributed by atoms with van der Waals surface area (Å²) in [6, 6.07) is 14.5. The monoisotopic (exact) mass is 357 g/mol. The van der Waals surface area contributed by atoms with E-state index in [0.717, 1.165) is 12.8 Å². The average Bonchev–Trinajstić information content (AvgIpc) is 2.67. The molecule has 0 unspecified atom stereocenters. The van der Waals surface area contributed by atoms with Crippen molar-refractivity contribution < 1.29 is 19.0 Å². The van der Waals surface area contributed by atoms with Crippen LogP contribution in [0.1, 0.15) is 37.0 Å². The van der Waals surface area contributed by atoms with Crippen LogP contribution < -0.4 is 14.8 Å². The van der Waals surface area contributed by atoms with Crippen LogP contribution in [0.2, 0.25) is 0 Å². The lowest BCUT2D eigenvalue weighted by atomic mass is 10.2. The predicted molar refractivity (Wildman–Crippen MR) is 103 cm³/mol. The van der Waals surface area contributed by atoms with Crippen molar-refractivity contribution in [1.82, 2.24) is 0 Å². The molecule has 140 valence electrons. The molecule has 0 saturated carbocycles. The van der Waals surface area contributed by atoms with E-state index < -0.39 is 0 Å². The Morgan fingerprint density at radius 2 is 1.69 bits per heavy atom. The Labute approximate surface area is 155 Å². The van der Waals surface area contributed by atoms with Gasteiger partial charge in [-0.3, -0.25) is 4.79 Å². The summed E-state index contributed by atoms with van der Waals surface area (Å²) in [6.45, 7) is 6.40. The number of hydrogen-bond donors (Lipinski definition) is 1. The van der Waals surface area contributed by atoms with E-state index in [0.29, 0.717) is 49.2 Å². The highest BCUT2D eigenvalue weighted by atomic mass is 16.5. The second-order valence-corrected chi connectivity index (χ2v) is 5.72. The molecular weight excluding hydrogens is 330 g/mol. The lowest BCUT2D eigenvalue weighted by molar-refractivity contribution is 0.102. The SMILES string of the molecule is CCCCOc1ccccc1NC(=O)c1ccc(OCCOCC)cc1. The van der Waals surface area contributed by atoms with Crippen LogP contribution in [-0.4, -0.2) is 32.3 Å². The molecule has 0 radical (unpaired) electrons. The van der Waals surface area contributed by atoms with Gasteiger partial charge < -0.3 is 19.5 Å². The summed E-state index contributed by atoms with van der Waals surface area (Å²) in [5, 5.41) is 2.91. The Bertz CT molecular complexity index is 670. The highest BCUT2D eigenvalue weighted by molar-refractivity contribution is 6.05. The molecule has 1 amide bonds. The maximum Gasteiger partial charge on any atom is 0.255 e. The van der Waals surface area contributed by atoms with E-state index in [1.54, 1.807) is 24.3 Å². The Morgan fingerprint density at radius 3 is 2.42 bits per heavy atom. The summed E-state index contributed by atoms with van der Waals surface area (Å²) in [5.74, 6) is 1.21. The fourth-order valence-electron chi connectivity index (χ4n) is 2.28. The van der Waals surface area contributed by atoms with E-state index in [2.05, 4.69) is 12.2 Å². The lowest BCUT2D eigenvalue weighted by Crippen LogP contribution is -2.13. The molecule has 5 nitrogen and oxygen atoms in total.